The van der Waals surface area contributed by atoms with Crippen molar-refractivity contribution in [3.63, 3.8) is 0 Å². The predicted molar refractivity (Wildman–Crippen MR) is 330 cm³/mol. The number of benzene rings is 13. The zero-order valence-electron chi connectivity index (χ0n) is 42.1. The average molecular weight is 1000 g/mol. The first-order valence-electron chi connectivity index (χ1n) is 26.7. The molecule has 15 rings (SSSR count). The van der Waals surface area contributed by atoms with E-state index < -0.39 is 15.8 Å². The van der Waals surface area contributed by atoms with E-state index in [2.05, 4.69) is 267 Å². The van der Waals surface area contributed by atoms with Gasteiger partial charge in [-0.05, 0) is 192 Å². The molecule has 0 radical (unpaired) electrons. The van der Waals surface area contributed by atoms with Gasteiger partial charge in [-0.15, -0.1) is 0 Å². The first-order valence-corrected chi connectivity index (χ1v) is 30.1. The van der Waals surface area contributed by atoms with Gasteiger partial charge in [-0.2, -0.15) is 0 Å². The lowest BCUT2D eigenvalue weighted by molar-refractivity contribution is 1.39. The molecule has 13 aromatic rings. The summed E-state index contributed by atoms with van der Waals surface area (Å²) < 4.78 is 0. The van der Waals surface area contributed by atoms with Crippen LogP contribution >= 0.6 is 15.8 Å². The Bertz CT molecular complexity index is 3840. The lowest BCUT2D eigenvalue weighted by Crippen LogP contribution is -2.24. The van der Waals surface area contributed by atoms with E-state index in [1.165, 1.54) is 132 Å². The van der Waals surface area contributed by atoms with Gasteiger partial charge in [0, 0.05) is 0 Å². The van der Waals surface area contributed by atoms with E-state index >= 15 is 0 Å². The van der Waals surface area contributed by atoms with Crippen LogP contribution in [0.4, 0.5) is 0 Å². The molecule has 0 nitrogen and oxygen atoms in total. The van der Waals surface area contributed by atoms with Crippen molar-refractivity contribution < 1.29 is 0 Å². The van der Waals surface area contributed by atoms with Crippen LogP contribution in [0.5, 0.6) is 0 Å². The SMILES string of the molecule is c1ccc(-c2cc3ccccc3c3c2CP(c2ccccc2P2Cc4c(-c5ccccc5)cc5ccccc5c4-c4c(c(-c5ccccc5)cc5ccccc45)C2)Cc2c(-c4ccccc4)cc4ccccc4c2-3)cc1. The summed E-state index contributed by atoms with van der Waals surface area (Å²) in [7, 11) is -1.65. The zero-order chi connectivity index (χ0) is 50.1. The van der Waals surface area contributed by atoms with Gasteiger partial charge in [0.05, 0.1) is 0 Å². The summed E-state index contributed by atoms with van der Waals surface area (Å²) >= 11 is 0. The molecule has 76 heavy (non-hydrogen) atoms. The van der Waals surface area contributed by atoms with Gasteiger partial charge in [0.2, 0.25) is 0 Å². The van der Waals surface area contributed by atoms with Crippen molar-refractivity contribution in [2.75, 3.05) is 0 Å². The maximum atomic E-state index is 2.56. The molecule has 0 atom stereocenters. The van der Waals surface area contributed by atoms with Crippen LogP contribution in [0.2, 0.25) is 0 Å². The normalized spacial score (nSPS) is 13.5. The lowest BCUT2D eigenvalue weighted by Gasteiger charge is -2.27. The standard InChI is InChI=1S/C74H52P2/c1-5-23-49(24-6-1)61-41-53-31-13-17-35-57(53)71-65(61)45-75(46-66-62(50-25-7-2-8-26-50)42-54-32-14-18-36-58(54)72(66)71)69-39-21-22-40-70(69)76-47-67-63(51-27-9-3-10-28-51)43-55-33-15-19-37-59(55)73(67)74-60-38-20-16-34-56(60)44-64(68(74)48-76)52-29-11-4-12-30-52/h1-44H,45-48H2. The first kappa shape index (κ1) is 45.2. The summed E-state index contributed by atoms with van der Waals surface area (Å²) in [4.78, 5) is 0. The molecule has 0 spiro atoms. The van der Waals surface area contributed by atoms with Crippen molar-refractivity contribution in [1.29, 1.82) is 0 Å². The number of fused-ring (bicyclic) bond motifs is 14. The van der Waals surface area contributed by atoms with Crippen LogP contribution in [-0.4, -0.2) is 0 Å². The molecule has 0 aromatic heterocycles. The van der Waals surface area contributed by atoms with Crippen molar-refractivity contribution in [2.24, 2.45) is 0 Å². The van der Waals surface area contributed by atoms with E-state index in [0.29, 0.717) is 0 Å². The van der Waals surface area contributed by atoms with Crippen molar-refractivity contribution in [3.05, 3.63) is 289 Å². The smallest absolute Gasteiger partial charge is 0.00170 e. The second kappa shape index (κ2) is 18.8. The second-order valence-electron chi connectivity index (χ2n) is 20.7. The van der Waals surface area contributed by atoms with Crippen molar-refractivity contribution in [2.45, 2.75) is 24.6 Å². The third-order valence-corrected chi connectivity index (χ3v) is 21.5. The van der Waals surface area contributed by atoms with Crippen molar-refractivity contribution in [3.8, 4) is 66.8 Å². The molecule has 0 unspecified atom stereocenters. The van der Waals surface area contributed by atoms with Gasteiger partial charge in [0.1, 0.15) is 0 Å². The number of hydrogen-bond acceptors (Lipinski definition) is 0. The maximum Gasteiger partial charge on any atom is -0.00170 e. The minimum absolute atomic E-state index is 0.823. The monoisotopic (exact) mass is 1000 g/mol. The molecule has 13 aromatic carbocycles. The third kappa shape index (κ3) is 7.58. The highest BCUT2D eigenvalue weighted by molar-refractivity contribution is 7.70. The van der Waals surface area contributed by atoms with Crippen LogP contribution in [0.3, 0.4) is 0 Å². The highest BCUT2D eigenvalue weighted by Crippen LogP contribution is 2.60. The third-order valence-electron chi connectivity index (χ3n) is 16.4. The minimum Gasteiger partial charge on any atom is -0.0656 e. The number of rotatable bonds is 6. The van der Waals surface area contributed by atoms with Crippen molar-refractivity contribution in [1.82, 2.24) is 0 Å². The Morgan fingerprint density at radius 2 is 0.421 bits per heavy atom. The van der Waals surface area contributed by atoms with Crippen LogP contribution < -0.4 is 10.6 Å². The van der Waals surface area contributed by atoms with E-state index in [-0.39, 0.29) is 0 Å². The predicted octanol–water partition coefficient (Wildman–Crippen LogP) is 19.9. The van der Waals surface area contributed by atoms with Gasteiger partial charge in [-0.1, -0.05) is 258 Å². The fourth-order valence-electron chi connectivity index (χ4n) is 13.1. The molecule has 0 aliphatic carbocycles. The van der Waals surface area contributed by atoms with Gasteiger partial charge in [-0.25, -0.2) is 0 Å². The highest BCUT2D eigenvalue weighted by atomic mass is 31.1. The zero-order valence-corrected chi connectivity index (χ0v) is 43.9. The van der Waals surface area contributed by atoms with E-state index in [1.54, 1.807) is 10.6 Å². The topological polar surface area (TPSA) is 0 Å². The number of hydrogen-bond donors (Lipinski definition) is 0. The van der Waals surface area contributed by atoms with Crippen LogP contribution in [0.25, 0.3) is 110 Å². The average Bonchev–Trinajstić information content (AvgIpc) is 3.82. The van der Waals surface area contributed by atoms with Crippen LogP contribution in [0.1, 0.15) is 22.3 Å². The molecule has 2 aliphatic heterocycles. The van der Waals surface area contributed by atoms with Crippen LogP contribution in [-0.2, 0) is 24.6 Å². The molecule has 358 valence electrons. The Hall–Kier alpha value is -8.24. The largest absolute Gasteiger partial charge is 0.0656 e. The Kier molecular flexibility index (Phi) is 11.2. The van der Waals surface area contributed by atoms with E-state index in [9.17, 15) is 0 Å². The summed E-state index contributed by atoms with van der Waals surface area (Å²) in [6.45, 7) is 0. The summed E-state index contributed by atoms with van der Waals surface area (Å²) in [5, 5.41) is 13.6. The van der Waals surface area contributed by atoms with Gasteiger partial charge in [-0.3, -0.25) is 0 Å². The molecule has 2 heteroatoms. The van der Waals surface area contributed by atoms with Gasteiger partial charge < -0.3 is 0 Å². The fraction of sp³-hybridized carbons (Fsp3) is 0.0541. The quantitative estimate of drug-likeness (QED) is 0.146. The first-order chi connectivity index (χ1) is 37.7. The van der Waals surface area contributed by atoms with Gasteiger partial charge in [0.25, 0.3) is 0 Å². The molecular formula is C74H52P2. The van der Waals surface area contributed by atoms with E-state index in [1.807, 2.05) is 0 Å². The highest BCUT2D eigenvalue weighted by Gasteiger charge is 2.35. The fourth-order valence-corrected chi connectivity index (χ4v) is 19.1. The Morgan fingerprint density at radius 3 is 0.671 bits per heavy atom. The van der Waals surface area contributed by atoms with E-state index in [4.69, 9.17) is 0 Å². The summed E-state index contributed by atoms with van der Waals surface area (Å²) in [5.74, 6) is 0. The molecule has 0 amide bonds. The lowest BCUT2D eigenvalue weighted by atomic mass is 9.82. The molecule has 0 N–H and O–H groups in total. The molecule has 2 aliphatic rings. The van der Waals surface area contributed by atoms with Crippen molar-refractivity contribution >= 4 is 69.5 Å². The van der Waals surface area contributed by atoms with E-state index in [0.717, 1.165) is 24.6 Å². The second-order valence-corrected chi connectivity index (χ2v) is 25.0. The van der Waals surface area contributed by atoms with Gasteiger partial charge in [0.15, 0.2) is 0 Å². The van der Waals surface area contributed by atoms with Crippen LogP contribution in [0, 0.1) is 0 Å². The molecular weight excluding hydrogens is 951 g/mol. The Balaban J connectivity index is 1.03. The van der Waals surface area contributed by atoms with Crippen LogP contribution in [0.15, 0.2) is 267 Å². The Labute approximate surface area is 447 Å². The molecule has 2 heterocycles. The Morgan fingerprint density at radius 1 is 0.211 bits per heavy atom. The molecule has 0 bridgehead atoms. The summed E-state index contributed by atoms with van der Waals surface area (Å²) in [6.07, 6.45) is 3.91. The molecule has 0 fully saturated rings. The minimum atomic E-state index is -0.823. The van der Waals surface area contributed by atoms with Gasteiger partial charge >= 0.3 is 0 Å². The summed E-state index contributed by atoms with van der Waals surface area (Å²) in [6, 6.07) is 102. The summed E-state index contributed by atoms with van der Waals surface area (Å²) in [5.41, 5.74) is 22.0. The maximum absolute atomic E-state index is 2.56. The molecule has 0 saturated carbocycles. The molecule has 0 saturated heterocycles.